The van der Waals surface area contributed by atoms with Gasteiger partial charge in [-0.2, -0.15) is 13.2 Å². The molecule has 12 heteroatoms. The number of alkyl halides is 3. The Balaban J connectivity index is 0.000000370. The number of carbonyl (C=O) groups is 2. The molecule has 2 aliphatic heterocycles. The van der Waals surface area contributed by atoms with E-state index in [-0.39, 0.29) is 5.91 Å². The van der Waals surface area contributed by atoms with Crippen LogP contribution in [0.25, 0.3) is 0 Å². The highest BCUT2D eigenvalue weighted by Crippen LogP contribution is 2.34. The van der Waals surface area contributed by atoms with Crippen molar-refractivity contribution in [3.63, 3.8) is 0 Å². The number of carbonyl (C=O) groups excluding carboxylic acids is 1. The van der Waals surface area contributed by atoms with Crippen molar-refractivity contribution in [1.82, 2.24) is 15.3 Å². The van der Waals surface area contributed by atoms with Gasteiger partial charge >= 0.3 is 12.1 Å². The first-order chi connectivity index (χ1) is 13.7. The number of piperidine rings is 1. The Morgan fingerprint density at radius 1 is 1.41 bits per heavy atom. The Bertz CT molecular complexity index is 744. The van der Waals surface area contributed by atoms with Gasteiger partial charge in [0.15, 0.2) is 5.60 Å². The number of nitrogens with zero attached hydrogens (tertiary/aromatic N) is 4. The van der Waals surface area contributed by atoms with Gasteiger partial charge in [0, 0.05) is 25.7 Å². The lowest BCUT2D eigenvalue weighted by molar-refractivity contribution is -0.192. The largest absolute Gasteiger partial charge is 0.490 e. The lowest BCUT2D eigenvalue weighted by atomic mass is 9.88. The van der Waals surface area contributed by atoms with Crippen LogP contribution in [0.15, 0.2) is 23.7 Å². The van der Waals surface area contributed by atoms with E-state index in [0.29, 0.717) is 25.2 Å². The molecule has 0 aliphatic carbocycles. The molecule has 29 heavy (non-hydrogen) atoms. The molecule has 0 saturated carbocycles. The van der Waals surface area contributed by atoms with Crippen LogP contribution in [-0.4, -0.2) is 64.1 Å². The second-order valence-corrected chi connectivity index (χ2v) is 6.64. The van der Waals surface area contributed by atoms with E-state index in [1.54, 1.807) is 12.5 Å². The third-order valence-electron chi connectivity index (χ3n) is 4.31. The maximum Gasteiger partial charge on any atom is 0.490 e. The van der Waals surface area contributed by atoms with E-state index in [2.05, 4.69) is 25.3 Å². The summed E-state index contributed by atoms with van der Waals surface area (Å²) >= 11 is 0. The second-order valence-electron chi connectivity index (χ2n) is 6.64. The SMILES string of the molecule is CCCNC(=O)C1=NOC2(CCCN(c3ccncn3)C2)C1.O=C(O)C(F)(F)F. The van der Waals surface area contributed by atoms with Crippen LogP contribution in [0.4, 0.5) is 19.0 Å². The minimum atomic E-state index is -5.08. The molecule has 1 aromatic heterocycles. The lowest BCUT2D eigenvalue weighted by Gasteiger charge is -2.38. The zero-order chi connectivity index (χ0) is 21.5. The van der Waals surface area contributed by atoms with Gasteiger partial charge in [-0.1, -0.05) is 12.1 Å². The van der Waals surface area contributed by atoms with Crippen molar-refractivity contribution >= 4 is 23.4 Å². The molecule has 1 aromatic rings. The number of carboxylic acids is 1. The first-order valence-corrected chi connectivity index (χ1v) is 9.01. The zero-order valence-electron chi connectivity index (χ0n) is 15.8. The second kappa shape index (κ2) is 9.52. The summed E-state index contributed by atoms with van der Waals surface area (Å²) in [4.78, 5) is 37.0. The molecule has 0 radical (unpaired) electrons. The van der Waals surface area contributed by atoms with E-state index in [4.69, 9.17) is 14.7 Å². The maximum atomic E-state index is 12.0. The van der Waals surface area contributed by atoms with Crippen LogP contribution in [-0.2, 0) is 14.4 Å². The molecule has 9 nitrogen and oxygen atoms in total. The van der Waals surface area contributed by atoms with Gasteiger partial charge in [0.1, 0.15) is 17.9 Å². The number of nitrogens with one attached hydrogen (secondary N) is 1. The van der Waals surface area contributed by atoms with Crippen LogP contribution in [0, 0.1) is 0 Å². The minimum Gasteiger partial charge on any atom is -0.475 e. The predicted octanol–water partition coefficient (Wildman–Crippen LogP) is 1.75. The fourth-order valence-corrected chi connectivity index (χ4v) is 2.97. The molecule has 3 heterocycles. The summed E-state index contributed by atoms with van der Waals surface area (Å²) in [6.07, 6.45) is 1.56. The number of carboxylic acid groups (broad SMARTS) is 1. The fraction of sp³-hybridized carbons (Fsp3) is 0.588. The normalized spacial score (nSPS) is 21.0. The molecular weight excluding hydrogens is 395 g/mol. The van der Waals surface area contributed by atoms with Gasteiger partial charge in [-0.15, -0.1) is 0 Å². The number of rotatable bonds is 4. The lowest BCUT2D eigenvalue weighted by Crippen LogP contribution is -2.49. The predicted molar refractivity (Wildman–Crippen MR) is 96.3 cm³/mol. The smallest absolute Gasteiger partial charge is 0.475 e. The van der Waals surface area contributed by atoms with Crippen LogP contribution in [0.1, 0.15) is 32.6 Å². The molecule has 1 atom stereocenters. The molecule has 1 amide bonds. The van der Waals surface area contributed by atoms with Crippen molar-refractivity contribution in [2.45, 2.75) is 44.4 Å². The zero-order valence-corrected chi connectivity index (χ0v) is 15.8. The van der Waals surface area contributed by atoms with E-state index in [1.165, 1.54) is 0 Å². The molecule has 2 N–H and O–H groups in total. The number of amides is 1. The molecule has 1 spiro atoms. The third kappa shape index (κ3) is 6.29. The van der Waals surface area contributed by atoms with E-state index in [0.717, 1.165) is 31.6 Å². The van der Waals surface area contributed by atoms with Crippen molar-refractivity contribution < 1.29 is 32.7 Å². The monoisotopic (exact) mass is 417 g/mol. The Labute approximate surface area is 164 Å². The average Bonchev–Trinajstić information content (AvgIpc) is 3.10. The first kappa shape index (κ1) is 22.4. The summed E-state index contributed by atoms with van der Waals surface area (Å²) in [5.74, 6) is -1.98. The number of hydrogen-bond acceptors (Lipinski definition) is 7. The van der Waals surface area contributed by atoms with Crippen molar-refractivity contribution in [3.8, 4) is 0 Å². The van der Waals surface area contributed by atoms with E-state index < -0.39 is 17.7 Å². The Kier molecular flexibility index (Phi) is 7.35. The molecular formula is C17H22F3N5O4. The van der Waals surface area contributed by atoms with Crippen LogP contribution < -0.4 is 10.2 Å². The number of hydrogen-bond donors (Lipinski definition) is 2. The standard InChI is InChI=1S/C15H21N5O2.C2HF3O2/c1-2-6-17-14(21)12-9-15(22-19-12)5-3-8-20(10-15)13-4-7-16-11-18-13;3-2(4,5)1(6)7/h4,7,11H,2-3,5-6,8-10H2,1H3,(H,17,21);(H,6,7). The number of anilines is 1. The van der Waals surface area contributed by atoms with Gasteiger partial charge < -0.3 is 20.2 Å². The maximum absolute atomic E-state index is 12.0. The highest BCUT2D eigenvalue weighted by Gasteiger charge is 2.44. The Morgan fingerprint density at radius 2 is 2.14 bits per heavy atom. The fourth-order valence-electron chi connectivity index (χ4n) is 2.97. The molecule has 3 rings (SSSR count). The first-order valence-electron chi connectivity index (χ1n) is 9.01. The van der Waals surface area contributed by atoms with Crippen molar-refractivity contribution in [2.24, 2.45) is 5.16 Å². The van der Waals surface area contributed by atoms with E-state index >= 15 is 0 Å². The number of aromatic nitrogens is 2. The highest BCUT2D eigenvalue weighted by atomic mass is 19.4. The van der Waals surface area contributed by atoms with Gasteiger partial charge in [0.05, 0.1) is 6.54 Å². The molecule has 2 aliphatic rings. The molecule has 1 fully saturated rings. The van der Waals surface area contributed by atoms with Crippen LogP contribution >= 0.6 is 0 Å². The molecule has 0 aromatic carbocycles. The molecule has 1 saturated heterocycles. The van der Waals surface area contributed by atoms with Crippen molar-refractivity contribution in [1.29, 1.82) is 0 Å². The summed E-state index contributed by atoms with van der Waals surface area (Å²) in [5, 5.41) is 14.0. The molecule has 160 valence electrons. The van der Waals surface area contributed by atoms with E-state index in [1.807, 2.05) is 13.0 Å². The van der Waals surface area contributed by atoms with Crippen molar-refractivity contribution in [3.05, 3.63) is 18.6 Å². The Hall–Kier alpha value is -2.92. The summed E-state index contributed by atoms with van der Waals surface area (Å²) < 4.78 is 31.7. The van der Waals surface area contributed by atoms with Crippen molar-refractivity contribution in [2.75, 3.05) is 24.5 Å². The minimum absolute atomic E-state index is 0.113. The molecule has 1 unspecified atom stereocenters. The van der Waals surface area contributed by atoms with Gasteiger partial charge in [-0.25, -0.2) is 14.8 Å². The number of oxime groups is 1. The Morgan fingerprint density at radius 3 is 2.72 bits per heavy atom. The summed E-state index contributed by atoms with van der Waals surface area (Å²) in [6, 6.07) is 1.89. The van der Waals surface area contributed by atoms with Gasteiger partial charge in [-0.3, -0.25) is 4.79 Å². The van der Waals surface area contributed by atoms with Crippen LogP contribution in [0.2, 0.25) is 0 Å². The van der Waals surface area contributed by atoms with Gasteiger partial charge in [0.25, 0.3) is 5.91 Å². The van der Waals surface area contributed by atoms with Crippen LogP contribution in [0.5, 0.6) is 0 Å². The summed E-state index contributed by atoms with van der Waals surface area (Å²) in [5.41, 5.74) is 0.0974. The summed E-state index contributed by atoms with van der Waals surface area (Å²) in [7, 11) is 0. The highest BCUT2D eigenvalue weighted by molar-refractivity contribution is 6.39. The van der Waals surface area contributed by atoms with E-state index in [9.17, 15) is 18.0 Å². The third-order valence-corrected chi connectivity index (χ3v) is 4.31. The topological polar surface area (TPSA) is 117 Å². The average molecular weight is 417 g/mol. The van der Waals surface area contributed by atoms with Gasteiger partial charge in [-0.05, 0) is 25.3 Å². The number of aliphatic carboxylic acids is 1. The van der Waals surface area contributed by atoms with Gasteiger partial charge in [0.2, 0.25) is 0 Å². The number of halogens is 3. The van der Waals surface area contributed by atoms with Crippen LogP contribution in [0.3, 0.4) is 0 Å². The summed E-state index contributed by atoms with van der Waals surface area (Å²) in [6.45, 7) is 4.31. The quantitative estimate of drug-likeness (QED) is 0.767. The molecule has 0 bridgehead atoms.